The molecule has 10 heteroatoms. The Labute approximate surface area is 205 Å². The van der Waals surface area contributed by atoms with Gasteiger partial charge in [-0.1, -0.05) is 26.8 Å². The maximum atomic E-state index is 12.8. The van der Waals surface area contributed by atoms with Crippen LogP contribution in [0, 0.1) is 0 Å². The number of rotatable bonds is 7. The number of benzene rings is 1. The number of amides is 1. The summed E-state index contributed by atoms with van der Waals surface area (Å²) in [6, 6.07) is 3.32. The molecular weight excluding hydrogens is 461 g/mol. The van der Waals surface area contributed by atoms with E-state index in [2.05, 4.69) is 16.0 Å². The summed E-state index contributed by atoms with van der Waals surface area (Å²) in [4.78, 5) is 12.5. The topological polar surface area (TPSA) is 97.6 Å². The number of nitrogen functional groups attached to an aromatic ring is 1. The zero-order valence-corrected chi connectivity index (χ0v) is 20.9. The van der Waals surface area contributed by atoms with E-state index < -0.39 is 18.5 Å². The first kappa shape index (κ1) is 27.3. The largest absolute Gasteiger partial charge is 0.405 e. The lowest BCUT2D eigenvalue weighted by Crippen LogP contribution is -2.52. The van der Waals surface area contributed by atoms with E-state index >= 15 is 0 Å². The van der Waals surface area contributed by atoms with Gasteiger partial charge in [-0.2, -0.15) is 13.2 Å². The predicted octanol–water partition coefficient (Wildman–Crippen LogP) is 3.95. The van der Waals surface area contributed by atoms with Gasteiger partial charge in [0.05, 0.1) is 13.2 Å². The van der Waals surface area contributed by atoms with E-state index in [1.54, 1.807) is 25.1 Å². The second-order valence-corrected chi connectivity index (χ2v) is 10.3. The second kappa shape index (κ2) is 10.8. The zero-order chi connectivity index (χ0) is 25.9. The zero-order valence-electron chi connectivity index (χ0n) is 20.9. The molecule has 1 amide bonds. The summed E-state index contributed by atoms with van der Waals surface area (Å²) in [7, 11) is 0. The highest BCUT2D eigenvalue weighted by molar-refractivity contribution is 5.84. The van der Waals surface area contributed by atoms with Crippen molar-refractivity contribution in [1.29, 1.82) is 0 Å². The fourth-order valence-electron chi connectivity index (χ4n) is 4.49. The molecule has 1 unspecified atom stereocenters. The van der Waals surface area contributed by atoms with Crippen molar-refractivity contribution in [2.45, 2.75) is 70.4 Å². The number of allylic oxidation sites excluding steroid dienone is 1. The summed E-state index contributed by atoms with van der Waals surface area (Å²) >= 11 is 0. The number of carbonyl (C=O) groups excluding carboxylic acids is 1. The smallest absolute Gasteiger partial charge is 0.398 e. The van der Waals surface area contributed by atoms with Crippen LogP contribution in [0.3, 0.4) is 0 Å². The number of anilines is 2. The Morgan fingerprint density at radius 1 is 1.26 bits per heavy atom. The van der Waals surface area contributed by atoms with Crippen LogP contribution in [0.1, 0.15) is 58.1 Å². The lowest BCUT2D eigenvalue weighted by Gasteiger charge is -2.37. The predicted molar refractivity (Wildman–Crippen MR) is 131 cm³/mol. The van der Waals surface area contributed by atoms with Gasteiger partial charge in [-0.3, -0.25) is 4.79 Å². The summed E-state index contributed by atoms with van der Waals surface area (Å²) in [5, 5.41) is 8.76. The molecule has 1 aromatic carbocycles. The van der Waals surface area contributed by atoms with E-state index in [0.717, 1.165) is 24.1 Å². The first-order chi connectivity index (χ1) is 16.3. The number of nitrogens with one attached hydrogen (secondary N) is 3. The van der Waals surface area contributed by atoms with Crippen LogP contribution in [-0.2, 0) is 19.7 Å². The van der Waals surface area contributed by atoms with Crippen LogP contribution in [0.15, 0.2) is 18.2 Å². The average Bonchev–Trinajstić information content (AvgIpc) is 3.21. The van der Waals surface area contributed by atoms with Crippen molar-refractivity contribution in [1.82, 2.24) is 10.6 Å². The summed E-state index contributed by atoms with van der Waals surface area (Å²) < 4.78 is 49.8. The lowest BCUT2D eigenvalue weighted by molar-refractivity contribution is -0.179. The summed E-state index contributed by atoms with van der Waals surface area (Å²) in [5.41, 5.74) is 8.96. The highest BCUT2D eigenvalue weighted by atomic mass is 19.4. The Morgan fingerprint density at radius 2 is 1.94 bits per heavy atom. The van der Waals surface area contributed by atoms with Gasteiger partial charge in [0.25, 0.3) is 0 Å². The Kier molecular flexibility index (Phi) is 8.39. The van der Waals surface area contributed by atoms with Gasteiger partial charge in [-0.15, -0.1) is 0 Å². The molecule has 5 N–H and O–H groups in total. The minimum atomic E-state index is -4.34. The summed E-state index contributed by atoms with van der Waals surface area (Å²) in [6.07, 6.45) is -1.00. The molecular formula is C25H37F3N4O3. The molecule has 0 saturated carbocycles. The molecule has 0 aliphatic carbocycles. The summed E-state index contributed by atoms with van der Waals surface area (Å²) in [6.45, 7) is 8.92. The Morgan fingerprint density at radius 3 is 2.57 bits per heavy atom. The molecule has 0 radical (unpaired) electrons. The summed E-state index contributed by atoms with van der Waals surface area (Å²) in [5.74, 6) is -0.690. The van der Waals surface area contributed by atoms with Crippen molar-refractivity contribution in [3.05, 3.63) is 29.3 Å². The van der Waals surface area contributed by atoms with Crippen molar-refractivity contribution >= 4 is 22.9 Å². The van der Waals surface area contributed by atoms with Gasteiger partial charge in [-0.25, -0.2) is 0 Å². The van der Waals surface area contributed by atoms with Gasteiger partial charge in [0.2, 0.25) is 5.91 Å². The molecule has 1 spiro atoms. The van der Waals surface area contributed by atoms with Crippen molar-refractivity contribution in [2.75, 3.05) is 43.9 Å². The highest BCUT2D eigenvalue weighted by Crippen LogP contribution is 2.36. The maximum absolute atomic E-state index is 12.8. The fourth-order valence-corrected chi connectivity index (χ4v) is 4.49. The molecule has 2 saturated heterocycles. The number of carbonyl (C=O) groups is 1. The first-order valence-corrected chi connectivity index (χ1v) is 12.0. The molecule has 196 valence electrons. The number of ether oxygens (including phenoxy) is 2. The van der Waals surface area contributed by atoms with E-state index in [-0.39, 0.29) is 23.8 Å². The fraction of sp³-hybridized carbons (Fsp3) is 0.640. The van der Waals surface area contributed by atoms with Crippen molar-refractivity contribution < 1.29 is 27.4 Å². The van der Waals surface area contributed by atoms with Gasteiger partial charge in [-0.05, 0) is 35.6 Å². The van der Waals surface area contributed by atoms with E-state index in [9.17, 15) is 18.0 Å². The van der Waals surface area contributed by atoms with Crippen LogP contribution in [0.5, 0.6) is 0 Å². The standard InChI is InChI=1S/C25H37F3N4O3/c1-16(5-6-21(33)31-14-18-13-24(7-8-30-18)34-9-10-35-24)19-11-17(32-15-25(26,27)28)12-20(22(19)29)23(2,3)4/h5,11-12,18,30,32H,6-10,13-15,29H2,1-4H3,(H,31,33). The molecule has 1 atom stereocenters. The Bertz CT molecular complexity index is 935. The van der Waals surface area contributed by atoms with Crippen LogP contribution in [-0.4, -0.2) is 56.8 Å². The third-order valence-corrected chi connectivity index (χ3v) is 6.35. The molecule has 35 heavy (non-hydrogen) atoms. The second-order valence-electron chi connectivity index (χ2n) is 10.3. The molecule has 0 aromatic heterocycles. The Hall–Kier alpha value is -2.30. The number of piperidine rings is 1. The Balaban J connectivity index is 1.65. The molecule has 2 aliphatic rings. The first-order valence-electron chi connectivity index (χ1n) is 12.0. The van der Waals surface area contributed by atoms with E-state index in [4.69, 9.17) is 15.2 Å². The maximum Gasteiger partial charge on any atom is 0.405 e. The number of nitrogens with two attached hydrogens (primary N) is 1. The average molecular weight is 499 g/mol. The number of hydrogen-bond donors (Lipinski definition) is 4. The number of halogens is 3. The normalized spacial score (nSPS) is 20.8. The monoisotopic (exact) mass is 498 g/mol. The van der Waals surface area contributed by atoms with E-state index in [1.165, 1.54) is 0 Å². The molecule has 1 aromatic rings. The van der Waals surface area contributed by atoms with Crippen LogP contribution in [0.2, 0.25) is 0 Å². The SMILES string of the molecule is CC(=CCC(=O)NCC1CC2(CCN1)OCCO2)c1cc(NCC(F)(F)F)cc(C(C)(C)C)c1N. The van der Waals surface area contributed by atoms with Crippen molar-refractivity contribution in [3.8, 4) is 0 Å². The third-order valence-electron chi connectivity index (χ3n) is 6.35. The molecule has 7 nitrogen and oxygen atoms in total. The van der Waals surface area contributed by atoms with Crippen molar-refractivity contribution in [3.63, 3.8) is 0 Å². The molecule has 2 aliphatic heterocycles. The van der Waals surface area contributed by atoms with Gasteiger partial charge in [0.15, 0.2) is 5.79 Å². The van der Waals surface area contributed by atoms with E-state index in [1.807, 2.05) is 20.8 Å². The van der Waals surface area contributed by atoms with Gasteiger partial charge in [0, 0.05) is 55.3 Å². The van der Waals surface area contributed by atoms with Crippen LogP contribution in [0.25, 0.3) is 5.57 Å². The van der Waals surface area contributed by atoms with Crippen LogP contribution < -0.4 is 21.7 Å². The van der Waals surface area contributed by atoms with Gasteiger partial charge < -0.3 is 31.2 Å². The van der Waals surface area contributed by atoms with Gasteiger partial charge >= 0.3 is 6.18 Å². The van der Waals surface area contributed by atoms with Crippen LogP contribution >= 0.6 is 0 Å². The van der Waals surface area contributed by atoms with Crippen molar-refractivity contribution in [2.24, 2.45) is 0 Å². The number of alkyl halides is 3. The minimum Gasteiger partial charge on any atom is -0.398 e. The quantitative estimate of drug-likeness (QED) is 0.425. The minimum absolute atomic E-state index is 0.0530. The molecule has 2 fully saturated rings. The molecule has 2 heterocycles. The number of hydrogen-bond acceptors (Lipinski definition) is 6. The molecule has 3 rings (SSSR count). The van der Waals surface area contributed by atoms with Gasteiger partial charge in [0.1, 0.15) is 6.54 Å². The highest BCUT2D eigenvalue weighted by Gasteiger charge is 2.41. The van der Waals surface area contributed by atoms with Crippen LogP contribution in [0.4, 0.5) is 24.5 Å². The molecule has 0 bridgehead atoms. The lowest BCUT2D eigenvalue weighted by atomic mass is 9.83. The third kappa shape index (κ3) is 7.59. The van der Waals surface area contributed by atoms with E-state index in [0.29, 0.717) is 43.1 Å².